The molecule has 1 heterocycles. The van der Waals surface area contributed by atoms with Gasteiger partial charge in [-0.3, -0.25) is 0 Å². The Labute approximate surface area is 142 Å². The van der Waals surface area contributed by atoms with Crippen LogP contribution in [0.25, 0.3) is 6.08 Å². The summed E-state index contributed by atoms with van der Waals surface area (Å²) >= 11 is 0. The molecule has 4 heteroatoms. The molecule has 0 bridgehead atoms. The molecular formula is C20H24O4. The monoisotopic (exact) mass is 328 g/mol. The predicted octanol–water partition coefficient (Wildman–Crippen LogP) is 4.07. The molecule has 0 aliphatic heterocycles. The Morgan fingerprint density at radius 3 is 2.50 bits per heavy atom. The highest BCUT2D eigenvalue weighted by molar-refractivity contribution is 5.53. The summed E-state index contributed by atoms with van der Waals surface area (Å²) in [5, 5.41) is 30.0. The van der Waals surface area contributed by atoms with Gasteiger partial charge >= 0.3 is 0 Å². The molecule has 0 aliphatic rings. The second kappa shape index (κ2) is 8.52. The normalized spacial score (nSPS) is 15.7. The number of aromatic hydroxyl groups is 1. The van der Waals surface area contributed by atoms with E-state index >= 15 is 0 Å². The van der Waals surface area contributed by atoms with Crippen LogP contribution in [0.1, 0.15) is 37.2 Å². The van der Waals surface area contributed by atoms with Crippen molar-refractivity contribution >= 4 is 6.08 Å². The minimum Gasteiger partial charge on any atom is -0.508 e. The summed E-state index contributed by atoms with van der Waals surface area (Å²) in [6, 6.07) is 10.3. The van der Waals surface area contributed by atoms with Gasteiger partial charge in [-0.15, -0.1) is 6.58 Å². The van der Waals surface area contributed by atoms with Crippen molar-refractivity contribution in [3.8, 4) is 5.75 Å². The molecule has 0 unspecified atom stereocenters. The first-order valence-electron chi connectivity index (χ1n) is 7.99. The number of rotatable bonds is 8. The minimum absolute atomic E-state index is 0.237. The molecule has 3 N–H and O–H groups in total. The maximum atomic E-state index is 10.4. The maximum Gasteiger partial charge on any atom is 0.132 e. The summed E-state index contributed by atoms with van der Waals surface area (Å²) in [6.45, 7) is 5.71. The molecule has 0 saturated heterocycles. The van der Waals surface area contributed by atoms with Crippen LogP contribution < -0.4 is 0 Å². The topological polar surface area (TPSA) is 73.8 Å². The number of phenols is 1. The molecule has 0 fully saturated rings. The Balaban J connectivity index is 1.94. The maximum absolute atomic E-state index is 10.4. The van der Waals surface area contributed by atoms with Gasteiger partial charge in [0.2, 0.25) is 0 Å². The van der Waals surface area contributed by atoms with E-state index in [-0.39, 0.29) is 5.75 Å². The van der Waals surface area contributed by atoms with Crippen LogP contribution in [0.2, 0.25) is 0 Å². The Hall–Kier alpha value is -2.30. The van der Waals surface area contributed by atoms with Gasteiger partial charge in [0.05, 0.1) is 12.4 Å². The minimum atomic E-state index is -0.908. The molecule has 128 valence electrons. The van der Waals surface area contributed by atoms with E-state index < -0.39 is 18.1 Å². The van der Waals surface area contributed by atoms with E-state index in [1.165, 1.54) is 6.26 Å². The van der Waals surface area contributed by atoms with Crippen molar-refractivity contribution in [3.63, 3.8) is 0 Å². The zero-order chi connectivity index (χ0) is 17.5. The highest BCUT2D eigenvalue weighted by atomic mass is 16.4. The molecule has 0 radical (unpaired) electrons. The summed E-state index contributed by atoms with van der Waals surface area (Å²) in [5.41, 5.74) is 2.10. The third-order valence-corrected chi connectivity index (χ3v) is 4.06. The molecule has 0 amide bonds. The third kappa shape index (κ3) is 4.85. The van der Waals surface area contributed by atoms with Crippen molar-refractivity contribution in [2.75, 3.05) is 0 Å². The molecule has 0 aliphatic carbocycles. The van der Waals surface area contributed by atoms with Gasteiger partial charge < -0.3 is 19.7 Å². The first-order chi connectivity index (χ1) is 11.5. The van der Waals surface area contributed by atoms with Crippen LogP contribution in [0.5, 0.6) is 5.75 Å². The molecule has 2 aromatic rings. The van der Waals surface area contributed by atoms with Gasteiger partial charge in [0.15, 0.2) is 0 Å². The van der Waals surface area contributed by atoms with Crippen LogP contribution in [-0.2, 0) is 0 Å². The zero-order valence-corrected chi connectivity index (χ0v) is 13.8. The number of hydrogen-bond acceptors (Lipinski definition) is 4. The van der Waals surface area contributed by atoms with Crippen LogP contribution >= 0.6 is 0 Å². The SMILES string of the molecule is C=C[C@H]([C@H](O)CC/C(C)=C/c1ccc(O)cc1)[C@H](O)c1ccco1. The third-order valence-electron chi connectivity index (χ3n) is 4.06. The van der Waals surface area contributed by atoms with Crippen molar-refractivity contribution in [3.05, 3.63) is 72.2 Å². The molecular weight excluding hydrogens is 304 g/mol. The van der Waals surface area contributed by atoms with Gasteiger partial charge in [-0.1, -0.05) is 29.9 Å². The van der Waals surface area contributed by atoms with Gasteiger partial charge in [0, 0.05) is 5.92 Å². The van der Waals surface area contributed by atoms with Gasteiger partial charge in [0.25, 0.3) is 0 Å². The number of benzene rings is 1. The smallest absolute Gasteiger partial charge is 0.132 e. The number of hydrogen-bond donors (Lipinski definition) is 3. The Morgan fingerprint density at radius 2 is 1.92 bits per heavy atom. The van der Waals surface area contributed by atoms with E-state index in [0.29, 0.717) is 18.6 Å². The Morgan fingerprint density at radius 1 is 1.21 bits per heavy atom. The average Bonchev–Trinajstić information content (AvgIpc) is 3.10. The van der Waals surface area contributed by atoms with Crippen LogP contribution in [0, 0.1) is 5.92 Å². The summed E-state index contributed by atoms with van der Waals surface area (Å²) < 4.78 is 5.20. The lowest BCUT2D eigenvalue weighted by Gasteiger charge is -2.23. The van der Waals surface area contributed by atoms with Crippen molar-refractivity contribution in [1.82, 2.24) is 0 Å². The van der Waals surface area contributed by atoms with Crippen LogP contribution in [0.4, 0.5) is 0 Å². The predicted molar refractivity (Wildman–Crippen MR) is 94.4 cm³/mol. The van der Waals surface area contributed by atoms with E-state index in [1.807, 2.05) is 25.1 Å². The second-order valence-corrected chi connectivity index (χ2v) is 5.96. The molecule has 0 saturated carbocycles. The van der Waals surface area contributed by atoms with Crippen molar-refractivity contribution < 1.29 is 19.7 Å². The standard InChI is InChI=1S/C20H24O4/c1-3-17(20(23)19-5-4-12-24-19)18(22)11-6-14(2)13-15-7-9-16(21)10-8-15/h3-5,7-10,12-13,17-18,20-23H,1,6,11H2,2H3/b14-13+/t17-,18-,20+/m1/s1. The lowest BCUT2D eigenvalue weighted by Crippen LogP contribution is -2.24. The highest BCUT2D eigenvalue weighted by Crippen LogP contribution is 2.28. The van der Waals surface area contributed by atoms with Gasteiger partial charge in [-0.2, -0.15) is 0 Å². The molecule has 1 aromatic heterocycles. The van der Waals surface area contributed by atoms with Crippen LogP contribution in [0.15, 0.2) is 65.3 Å². The first kappa shape index (κ1) is 18.0. The van der Waals surface area contributed by atoms with E-state index in [0.717, 1.165) is 11.1 Å². The van der Waals surface area contributed by atoms with Gasteiger partial charge in [-0.25, -0.2) is 0 Å². The molecule has 1 aromatic carbocycles. The average molecular weight is 328 g/mol. The van der Waals surface area contributed by atoms with E-state index in [2.05, 4.69) is 6.58 Å². The lowest BCUT2D eigenvalue weighted by atomic mass is 9.90. The van der Waals surface area contributed by atoms with Gasteiger partial charge in [0.1, 0.15) is 17.6 Å². The van der Waals surface area contributed by atoms with Crippen molar-refractivity contribution in [2.45, 2.75) is 32.0 Å². The Bertz CT molecular complexity index is 655. The molecule has 0 spiro atoms. The molecule has 3 atom stereocenters. The fourth-order valence-electron chi connectivity index (χ4n) is 2.64. The summed E-state index contributed by atoms with van der Waals surface area (Å²) in [6.07, 6.45) is 4.65. The summed E-state index contributed by atoms with van der Waals surface area (Å²) in [4.78, 5) is 0. The molecule has 2 rings (SSSR count). The number of aliphatic hydroxyl groups is 2. The quantitative estimate of drug-likeness (QED) is 0.639. The van der Waals surface area contributed by atoms with Gasteiger partial charge in [-0.05, 0) is 49.6 Å². The molecule has 4 nitrogen and oxygen atoms in total. The van der Waals surface area contributed by atoms with Crippen molar-refractivity contribution in [1.29, 1.82) is 0 Å². The van der Waals surface area contributed by atoms with Crippen LogP contribution in [0.3, 0.4) is 0 Å². The Kier molecular flexibility index (Phi) is 6.41. The van der Waals surface area contributed by atoms with E-state index in [9.17, 15) is 15.3 Å². The van der Waals surface area contributed by atoms with Crippen LogP contribution in [-0.4, -0.2) is 21.4 Å². The highest BCUT2D eigenvalue weighted by Gasteiger charge is 2.27. The number of phenolic OH excluding ortho intramolecular Hbond substituents is 1. The zero-order valence-electron chi connectivity index (χ0n) is 13.8. The fourth-order valence-corrected chi connectivity index (χ4v) is 2.64. The van der Waals surface area contributed by atoms with E-state index in [4.69, 9.17) is 4.42 Å². The first-order valence-corrected chi connectivity index (χ1v) is 7.99. The summed E-state index contributed by atoms with van der Waals surface area (Å²) in [7, 11) is 0. The summed E-state index contributed by atoms with van der Waals surface area (Å²) in [5.74, 6) is 0.175. The number of aliphatic hydroxyl groups excluding tert-OH is 2. The van der Waals surface area contributed by atoms with E-state index in [1.54, 1.807) is 30.3 Å². The second-order valence-electron chi connectivity index (χ2n) is 5.96. The molecule has 24 heavy (non-hydrogen) atoms. The van der Waals surface area contributed by atoms with Crippen molar-refractivity contribution in [2.24, 2.45) is 5.92 Å². The number of furan rings is 1. The number of allylic oxidation sites excluding steroid dienone is 1. The fraction of sp³-hybridized carbons (Fsp3) is 0.300. The largest absolute Gasteiger partial charge is 0.508 e. The lowest BCUT2D eigenvalue weighted by molar-refractivity contribution is 0.0208.